The van der Waals surface area contributed by atoms with Crippen LogP contribution in [-0.2, 0) is 6.61 Å². The van der Waals surface area contributed by atoms with Gasteiger partial charge in [-0.15, -0.1) is 5.10 Å². The second-order valence-electron chi connectivity index (χ2n) is 6.71. The number of para-hydroxylation sites is 1. The van der Waals surface area contributed by atoms with Gasteiger partial charge in [-0.1, -0.05) is 18.2 Å². The molecule has 0 aliphatic rings. The Balaban J connectivity index is 1.57. The van der Waals surface area contributed by atoms with Crippen LogP contribution in [0.25, 0.3) is 22.4 Å². The van der Waals surface area contributed by atoms with Crippen molar-refractivity contribution in [3.05, 3.63) is 77.5 Å². The Morgan fingerprint density at radius 1 is 1.00 bits per heavy atom. The first-order valence-corrected chi connectivity index (χ1v) is 9.04. The lowest BCUT2D eigenvalue weighted by molar-refractivity contribution is 0.294. The van der Waals surface area contributed by atoms with Crippen LogP contribution in [0.1, 0.15) is 11.4 Å². The van der Waals surface area contributed by atoms with Crippen molar-refractivity contribution >= 4 is 16.7 Å². The molecule has 0 spiro atoms. The Morgan fingerprint density at radius 2 is 1.74 bits per heavy atom. The zero-order valence-corrected chi connectivity index (χ0v) is 15.9. The van der Waals surface area contributed by atoms with Crippen LogP contribution in [0.5, 0.6) is 5.75 Å². The first kappa shape index (κ1) is 19.0. The molecule has 0 aliphatic heterocycles. The molecule has 3 aromatic heterocycles. The molecule has 7 nitrogen and oxygen atoms in total. The molecule has 0 fully saturated rings. The van der Waals surface area contributed by atoms with Crippen molar-refractivity contribution in [3.63, 3.8) is 0 Å². The molecule has 3 heterocycles. The van der Waals surface area contributed by atoms with Crippen molar-refractivity contribution in [3.8, 4) is 11.4 Å². The smallest absolute Gasteiger partial charge is 0.189 e. The maximum atomic E-state index is 14.2. The van der Waals surface area contributed by atoms with E-state index in [2.05, 4.69) is 20.2 Å². The van der Waals surface area contributed by atoms with Gasteiger partial charge in [-0.3, -0.25) is 0 Å². The zero-order chi connectivity index (χ0) is 21.7. The number of halogens is 4. The summed E-state index contributed by atoms with van der Waals surface area (Å²) in [5.41, 5.74) is 0.182. The highest BCUT2D eigenvalue weighted by atomic mass is 19.2. The highest BCUT2D eigenvalue weighted by Crippen LogP contribution is 2.26. The third-order valence-corrected chi connectivity index (χ3v) is 4.70. The topological polar surface area (TPSA) is 70.1 Å². The molecule has 0 amide bonds. The normalized spacial score (nSPS) is 11.5. The molecule has 0 unspecified atom stereocenters. The maximum absolute atomic E-state index is 14.2. The summed E-state index contributed by atoms with van der Waals surface area (Å²) in [6, 6.07) is 7.58. The second-order valence-corrected chi connectivity index (χ2v) is 6.71. The van der Waals surface area contributed by atoms with Crippen LogP contribution in [0, 0.1) is 30.2 Å². The van der Waals surface area contributed by atoms with Crippen LogP contribution in [0.4, 0.5) is 17.6 Å². The summed E-state index contributed by atoms with van der Waals surface area (Å²) in [5, 5.41) is 8.41. The average Bonchev–Trinajstić information content (AvgIpc) is 3.36. The van der Waals surface area contributed by atoms with E-state index in [9.17, 15) is 17.6 Å². The van der Waals surface area contributed by atoms with E-state index in [1.54, 1.807) is 0 Å². The molecule has 0 saturated heterocycles. The van der Waals surface area contributed by atoms with Crippen molar-refractivity contribution in [1.82, 2.24) is 29.4 Å². The molecule has 0 atom stereocenters. The summed E-state index contributed by atoms with van der Waals surface area (Å²) in [6.07, 6.45) is 2.49. The summed E-state index contributed by atoms with van der Waals surface area (Å²) in [7, 11) is 0. The highest BCUT2D eigenvalue weighted by molar-refractivity contribution is 5.89. The van der Waals surface area contributed by atoms with E-state index in [4.69, 9.17) is 4.74 Å². The Hall–Kier alpha value is -4.02. The molecular weight excluding hydrogens is 416 g/mol. The summed E-state index contributed by atoms with van der Waals surface area (Å²) in [5.74, 6) is -5.25. The van der Waals surface area contributed by atoms with Gasteiger partial charge in [0.2, 0.25) is 0 Å². The van der Waals surface area contributed by atoms with E-state index in [1.165, 1.54) is 17.0 Å². The van der Waals surface area contributed by atoms with Gasteiger partial charge in [-0.2, -0.15) is 5.10 Å². The van der Waals surface area contributed by atoms with E-state index in [0.717, 1.165) is 5.56 Å². The number of aromatic nitrogens is 6. The fourth-order valence-corrected chi connectivity index (χ4v) is 3.20. The summed E-state index contributed by atoms with van der Waals surface area (Å²) in [4.78, 5) is 8.45. The number of nitrogens with zero attached hydrogens (tertiary/aromatic N) is 6. The van der Waals surface area contributed by atoms with Gasteiger partial charge in [-0.05, 0) is 18.6 Å². The van der Waals surface area contributed by atoms with Crippen LogP contribution in [-0.4, -0.2) is 29.4 Å². The van der Waals surface area contributed by atoms with E-state index in [1.807, 2.05) is 31.2 Å². The molecular formula is C20H12F4N6O. The minimum Gasteiger partial charge on any atom is -0.485 e. The highest BCUT2D eigenvalue weighted by Gasteiger charge is 2.24. The van der Waals surface area contributed by atoms with Crippen LogP contribution >= 0.6 is 0 Å². The molecule has 156 valence electrons. The lowest BCUT2D eigenvalue weighted by Gasteiger charge is -2.07. The van der Waals surface area contributed by atoms with Crippen LogP contribution in [0.3, 0.4) is 0 Å². The van der Waals surface area contributed by atoms with Crippen molar-refractivity contribution in [1.29, 1.82) is 0 Å². The summed E-state index contributed by atoms with van der Waals surface area (Å²) < 4.78 is 63.5. The number of benzene rings is 2. The Labute approximate surface area is 171 Å². The molecule has 0 aliphatic carbocycles. The molecule has 11 heteroatoms. The van der Waals surface area contributed by atoms with Crippen molar-refractivity contribution in [2.75, 3.05) is 0 Å². The third kappa shape index (κ3) is 3.05. The van der Waals surface area contributed by atoms with Crippen molar-refractivity contribution < 1.29 is 22.3 Å². The van der Waals surface area contributed by atoms with Crippen LogP contribution < -0.4 is 4.74 Å². The van der Waals surface area contributed by atoms with Gasteiger partial charge in [0, 0.05) is 6.07 Å². The van der Waals surface area contributed by atoms with E-state index >= 15 is 0 Å². The largest absolute Gasteiger partial charge is 0.485 e. The zero-order valence-electron chi connectivity index (χ0n) is 15.9. The second kappa shape index (κ2) is 7.04. The number of ether oxygens (including phenoxy) is 1. The molecule has 31 heavy (non-hydrogen) atoms. The number of aryl methyl sites for hydroxylation is 1. The Kier molecular flexibility index (Phi) is 4.31. The van der Waals surface area contributed by atoms with Gasteiger partial charge in [-0.25, -0.2) is 36.7 Å². The number of hydrogen-bond acceptors (Lipinski definition) is 5. The maximum Gasteiger partial charge on any atom is 0.189 e. The van der Waals surface area contributed by atoms with Gasteiger partial charge in [0.15, 0.2) is 40.4 Å². The van der Waals surface area contributed by atoms with Gasteiger partial charge < -0.3 is 4.74 Å². The average molecular weight is 428 g/mol. The third-order valence-electron chi connectivity index (χ3n) is 4.70. The van der Waals surface area contributed by atoms with E-state index in [0.29, 0.717) is 16.3 Å². The number of hydrogen-bond donors (Lipinski definition) is 0. The van der Waals surface area contributed by atoms with Gasteiger partial charge in [0.25, 0.3) is 0 Å². The molecule has 0 N–H and O–H groups in total. The van der Waals surface area contributed by atoms with Gasteiger partial charge in [0.1, 0.15) is 24.4 Å². The molecule has 5 rings (SSSR count). The standard InChI is InChI=1S/C20H12F4N6O/c1-10-4-2-3-5-14(10)31-8-15-27-20-11-7-26-30(19(11)25-9-29(20)28-15)18-16(23)12(21)6-13(22)17(18)24/h2-7,9H,8H2,1H3. The lowest BCUT2D eigenvalue weighted by atomic mass is 10.2. The predicted octanol–water partition coefficient (Wildman–Crippen LogP) is 3.91. The quantitative estimate of drug-likeness (QED) is 0.321. The Morgan fingerprint density at radius 3 is 2.48 bits per heavy atom. The number of rotatable bonds is 4. The van der Waals surface area contributed by atoms with Gasteiger partial charge in [0.05, 0.1) is 11.6 Å². The monoisotopic (exact) mass is 428 g/mol. The lowest BCUT2D eigenvalue weighted by Crippen LogP contribution is -2.08. The SMILES string of the molecule is Cc1ccccc1OCc1nc2c3cnn(-c4c(F)c(F)cc(F)c4F)c3ncn2n1. The predicted molar refractivity (Wildman–Crippen MR) is 101 cm³/mol. The van der Waals surface area contributed by atoms with Crippen molar-refractivity contribution in [2.24, 2.45) is 0 Å². The van der Waals surface area contributed by atoms with E-state index < -0.39 is 29.0 Å². The Bertz CT molecular complexity index is 1440. The van der Waals surface area contributed by atoms with Crippen LogP contribution in [0.15, 0.2) is 42.9 Å². The van der Waals surface area contributed by atoms with Gasteiger partial charge >= 0.3 is 0 Å². The van der Waals surface area contributed by atoms with Crippen molar-refractivity contribution in [2.45, 2.75) is 13.5 Å². The molecule has 0 saturated carbocycles. The molecule has 0 bridgehead atoms. The van der Waals surface area contributed by atoms with Crippen LogP contribution in [0.2, 0.25) is 0 Å². The molecule has 2 aromatic carbocycles. The molecule has 0 radical (unpaired) electrons. The molecule has 5 aromatic rings. The number of fused-ring (bicyclic) bond motifs is 3. The fraction of sp³-hybridized carbons (Fsp3) is 0.100. The first-order valence-electron chi connectivity index (χ1n) is 9.04. The first-order chi connectivity index (χ1) is 14.9. The summed E-state index contributed by atoms with van der Waals surface area (Å²) >= 11 is 0. The van der Waals surface area contributed by atoms with E-state index in [-0.39, 0.29) is 29.4 Å². The minimum absolute atomic E-state index is 0.0472. The minimum atomic E-state index is -1.58. The fourth-order valence-electron chi connectivity index (χ4n) is 3.20. The summed E-state index contributed by atoms with van der Waals surface area (Å²) in [6.45, 7) is 1.97.